The number of urea groups is 1. The van der Waals surface area contributed by atoms with Gasteiger partial charge in [0, 0.05) is 24.9 Å². The normalized spacial score (nSPS) is 13.4. The minimum atomic E-state index is -0.244. The molecule has 0 saturated carbocycles. The number of aryl methyl sites for hydroxylation is 2. The number of rotatable bonds is 6. The topological polar surface area (TPSA) is 79.2 Å². The van der Waals surface area contributed by atoms with Crippen LogP contribution in [0.2, 0.25) is 0 Å². The molecule has 2 rings (SSSR count). The van der Waals surface area contributed by atoms with E-state index in [9.17, 15) is 4.79 Å². The van der Waals surface area contributed by atoms with Crippen LogP contribution in [0.25, 0.3) is 5.69 Å². The van der Waals surface area contributed by atoms with Gasteiger partial charge in [-0.1, -0.05) is 25.1 Å². The lowest BCUT2D eigenvalue weighted by molar-refractivity contribution is 0.200. The van der Waals surface area contributed by atoms with E-state index in [1.54, 1.807) is 0 Å². The molecule has 0 aliphatic carbocycles. The van der Waals surface area contributed by atoms with Gasteiger partial charge in [0.15, 0.2) is 0 Å². The average molecular weight is 330 g/mol. The predicted molar refractivity (Wildman–Crippen MR) is 94.1 cm³/mol. The van der Waals surface area contributed by atoms with Crippen molar-refractivity contribution in [1.82, 2.24) is 20.4 Å². The van der Waals surface area contributed by atoms with Crippen molar-refractivity contribution in [3.8, 4) is 5.69 Å². The van der Waals surface area contributed by atoms with Crippen LogP contribution in [0.5, 0.6) is 0 Å². The first-order valence-electron chi connectivity index (χ1n) is 8.19. The van der Waals surface area contributed by atoms with Crippen LogP contribution >= 0.6 is 0 Å². The molecule has 2 amide bonds. The first-order chi connectivity index (χ1) is 11.4. The standard InChI is InChI=1S/C18H26N4O2/c1-12(11-23)15(4)20-18(24)19-10-16-7-5-6-8-17(16)22-14(3)9-13(2)21-22/h5-9,12,15,23H,10-11H2,1-4H3,(H2,19,20,24). The van der Waals surface area contributed by atoms with E-state index in [2.05, 4.69) is 15.7 Å². The van der Waals surface area contributed by atoms with Crippen molar-refractivity contribution in [1.29, 1.82) is 0 Å². The maximum atomic E-state index is 12.0. The summed E-state index contributed by atoms with van der Waals surface area (Å²) >= 11 is 0. The van der Waals surface area contributed by atoms with Gasteiger partial charge in [0.25, 0.3) is 0 Å². The van der Waals surface area contributed by atoms with Crippen molar-refractivity contribution in [2.45, 2.75) is 40.3 Å². The van der Waals surface area contributed by atoms with E-state index in [0.717, 1.165) is 22.6 Å². The number of aromatic nitrogens is 2. The highest BCUT2D eigenvalue weighted by Crippen LogP contribution is 2.16. The molecular formula is C18H26N4O2. The zero-order valence-corrected chi connectivity index (χ0v) is 14.7. The summed E-state index contributed by atoms with van der Waals surface area (Å²) in [4.78, 5) is 12.0. The molecule has 0 radical (unpaired) electrons. The average Bonchev–Trinajstić information content (AvgIpc) is 2.90. The summed E-state index contributed by atoms with van der Waals surface area (Å²) in [5, 5.41) is 19.4. The number of hydrogen-bond acceptors (Lipinski definition) is 3. The SMILES string of the molecule is Cc1cc(C)n(-c2ccccc2CNC(=O)NC(C)C(C)CO)n1. The summed E-state index contributed by atoms with van der Waals surface area (Å²) in [5.41, 5.74) is 3.96. The van der Waals surface area contributed by atoms with Gasteiger partial charge < -0.3 is 15.7 Å². The summed E-state index contributed by atoms with van der Waals surface area (Å²) in [7, 11) is 0. The molecule has 0 saturated heterocycles. The first kappa shape index (κ1) is 18.0. The van der Waals surface area contributed by atoms with Crippen LogP contribution in [0.1, 0.15) is 30.8 Å². The highest BCUT2D eigenvalue weighted by Gasteiger charge is 2.14. The second-order valence-corrected chi connectivity index (χ2v) is 6.24. The highest BCUT2D eigenvalue weighted by molar-refractivity contribution is 5.74. The predicted octanol–water partition coefficient (Wildman–Crippen LogP) is 2.31. The van der Waals surface area contributed by atoms with Crippen molar-refractivity contribution in [2.75, 3.05) is 6.61 Å². The summed E-state index contributed by atoms with van der Waals surface area (Å²) in [6.45, 7) is 8.19. The minimum Gasteiger partial charge on any atom is -0.396 e. The number of aliphatic hydroxyl groups excluding tert-OH is 1. The van der Waals surface area contributed by atoms with E-state index in [1.165, 1.54) is 0 Å². The third kappa shape index (κ3) is 4.35. The van der Waals surface area contributed by atoms with Crippen molar-refractivity contribution in [3.05, 3.63) is 47.3 Å². The highest BCUT2D eigenvalue weighted by atomic mass is 16.3. The maximum Gasteiger partial charge on any atom is 0.315 e. The molecule has 6 heteroatoms. The second-order valence-electron chi connectivity index (χ2n) is 6.24. The number of aliphatic hydroxyl groups is 1. The van der Waals surface area contributed by atoms with Crippen molar-refractivity contribution in [3.63, 3.8) is 0 Å². The summed E-state index contributed by atoms with van der Waals surface area (Å²) in [6.07, 6.45) is 0. The van der Waals surface area contributed by atoms with Gasteiger partial charge in [0.05, 0.1) is 11.4 Å². The largest absolute Gasteiger partial charge is 0.396 e. The molecule has 2 aromatic rings. The Morgan fingerprint density at radius 1 is 1.29 bits per heavy atom. The van der Waals surface area contributed by atoms with Gasteiger partial charge in [-0.25, -0.2) is 9.48 Å². The van der Waals surface area contributed by atoms with Crippen LogP contribution in [-0.2, 0) is 6.54 Å². The van der Waals surface area contributed by atoms with E-state index in [1.807, 2.05) is 62.7 Å². The molecule has 130 valence electrons. The monoisotopic (exact) mass is 330 g/mol. The van der Waals surface area contributed by atoms with Gasteiger partial charge >= 0.3 is 6.03 Å². The lowest BCUT2D eigenvalue weighted by Gasteiger charge is -2.20. The lowest BCUT2D eigenvalue weighted by Crippen LogP contribution is -2.44. The van der Waals surface area contributed by atoms with E-state index in [4.69, 9.17) is 5.11 Å². The molecule has 2 unspecified atom stereocenters. The first-order valence-corrected chi connectivity index (χ1v) is 8.19. The molecule has 0 aliphatic rings. The Labute approximate surface area is 142 Å². The zero-order valence-electron chi connectivity index (χ0n) is 14.7. The Hall–Kier alpha value is -2.34. The van der Waals surface area contributed by atoms with E-state index < -0.39 is 0 Å². The molecule has 0 fully saturated rings. The second kappa shape index (κ2) is 7.97. The summed E-state index contributed by atoms with van der Waals surface area (Å²) in [6, 6.07) is 9.55. The Morgan fingerprint density at radius 3 is 2.62 bits per heavy atom. The fraction of sp³-hybridized carbons (Fsp3) is 0.444. The molecule has 1 heterocycles. The Bertz CT molecular complexity index is 696. The molecule has 0 spiro atoms. The summed E-state index contributed by atoms with van der Waals surface area (Å²) in [5.74, 6) is 0.0118. The van der Waals surface area contributed by atoms with Gasteiger partial charge in [-0.15, -0.1) is 0 Å². The van der Waals surface area contributed by atoms with Crippen molar-refractivity contribution in [2.24, 2.45) is 5.92 Å². The van der Waals surface area contributed by atoms with Gasteiger partial charge in [-0.05, 0) is 44.4 Å². The smallest absolute Gasteiger partial charge is 0.315 e. The number of benzene rings is 1. The van der Waals surface area contributed by atoms with Gasteiger partial charge in [0.1, 0.15) is 0 Å². The zero-order chi connectivity index (χ0) is 17.7. The number of amides is 2. The van der Waals surface area contributed by atoms with Crippen LogP contribution in [-0.4, -0.2) is 33.6 Å². The molecule has 1 aromatic heterocycles. The van der Waals surface area contributed by atoms with Crippen molar-refractivity contribution < 1.29 is 9.90 Å². The van der Waals surface area contributed by atoms with E-state index in [-0.39, 0.29) is 24.6 Å². The van der Waals surface area contributed by atoms with Crippen molar-refractivity contribution >= 4 is 6.03 Å². The number of hydrogen-bond donors (Lipinski definition) is 3. The third-order valence-corrected chi connectivity index (χ3v) is 4.17. The molecule has 24 heavy (non-hydrogen) atoms. The fourth-order valence-corrected chi connectivity index (χ4v) is 2.47. The lowest BCUT2D eigenvalue weighted by atomic mass is 10.1. The van der Waals surface area contributed by atoms with Crippen LogP contribution in [0.4, 0.5) is 4.79 Å². The Kier molecular flexibility index (Phi) is 5.98. The maximum absolute atomic E-state index is 12.0. The number of nitrogens with one attached hydrogen (secondary N) is 2. The number of carbonyl (C=O) groups excluding carboxylic acids is 1. The molecule has 3 N–H and O–H groups in total. The van der Waals surface area contributed by atoms with E-state index in [0.29, 0.717) is 6.54 Å². The van der Waals surface area contributed by atoms with Crippen LogP contribution in [0.15, 0.2) is 30.3 Å². The number of para-hydroxylation sites is 1. The third-order valence-electron chi connectivity index (χ3n) is 4.17. The van der Waals surface area contributed by atoms with Gasteiger partial charge in [-0.3, -0.25) is 0 Å². The van der Waals surface area contributed by atoms with Crippen LogP contribution in [0.3, 0.4) is 0 Å². The quantitative estimate of drug-likeness (QED) is 0.760. The van der Waals surface area contributed by atoms with E-state index >= 15 is 0 Å². The number of nitrogens with zero attached hydrogens (tertiary/aromatic N) is 2. The molecule has 6 nitrogen and oxygen atoms in total. The molecule has 0 aliphatic heterocycles. The Morgan fingerprint density at radius 2 is 2.00 bits per heavy atom. The number of carbonyl (C=O) groups is 1. The fourth-order valence-electron chi connectivity index (χ4n) is 2.47. The van der Waals surface area contributed by atoms with Crippen LogP contribution in [0, 0.1) is 19.8 Å². The van der Waals surface area contributed by atoms with Gasteiger partial charge in [0.2, 0.25) is 0 Å². The van der Waals surface area contributed by atoms with Gasteiger partial charge in [-0.2, -0.15) is 5.10 Å². The minimum absolute atomic E-state index is 0.0118. The Balaban J connectivity index is 2.06. The van der Waals surface area contributed by atoms with Crippen LogP contribution < -0.4 is 10.6 Å². The molecule has 1 aromatic carbocycles. The molecular weight excluding hydrogens is 304 g/mol. The molecule has 0 bridgehead atoms. The molecule has 2 atom stereocenters. The summed E-state index contributed by atoms with van der Waals surface area (Å²) < 4.78 is 1.89.